The number of nitrogens with one attached hydrogen (secondary N) is 1. The molecule has 0 amide bonds. The van der Waals surface area contributed by atoms with E-state index in [2.05, 4.69) is 47.0 Å². The highest BCUT2D eigenvalue weighted by Crippen LogP contribution is 2.34. The number of benzene rings is 1. The third-order valence-electron chi connectivity index (χ3n) is 2.64. The lowest BCUT2D eigenvalue weighted by molar-refractivity contribution is 0.585. The third-order valence-corrected chi connectivity index (χ3v) is 5.12. The highest BCUT2D eigenvalue weighted by Gasteiger charge is 2.18. The van der Waals surface area contributed by atoms with E-state index in [0.717, 1.165) is 20.0 Å². The van der Waals surface area contributed by atoms with Crippen molar-refractivity contribution >= 4 is 56.2 Å². The van der Waals surface area contributed by atoms with Crippen molar-refractivity contribution in [1.29, 1.82) is 0 Å². The van der Waals surface area contributed by atoms with Crippen molar-refractivity contribution < 1.29 is 0 Å². The number of aromatic nitrogens is 1. The van der Waals surface area contributed by atoms with Crippen molar-refractivity contribution in [2.75, 3.05) is 5.32 Å². The SMILES string of the molecule is CC(C)(C)c1ncc(CNc2c(Cl)cc(Br)cc2Cl)s1. The highest BCUT2D eigenvalue weighted by molar-refractivity contribution is 9.10. The Morgan fingerprint density at radius 1 is 1.25 bits per heavy atom. The Morgan fingerprint density at radius 2 is 1.85 bits per heavy atom. The Balaban J connectivity index is 2.12. The number of anilines is 1. The zero-order valence-electron chi connectivity index (χ0n) is 11.4. The molecule has 0 saturated heterocycles. The van der Waals surface area contributed by atoms with Gasteiger partial charge in [-0.25, -0.2) is 4.98 Å². The van der Waals surface area contributed by atoms with E-state index in [4.69, 9.17) is 23.2 Å². The molecule has 2 nitrogen and oxygen atoms in total. The maximum absolute atomic E-state index is 6.19. The molecule has 2 rings (SSSR count). The average molecular weight is 394 g/mol. The summed E-state index contributed by atoms with van der Waals surface area (Å²) in [5.41, 5.74) is 0.831. The molecule has 20 heavy (non-hydrogen) atoms. The molecule has 0 spiro atoms. The van der Waals surface area contributed by atoms with Crippen LogP contribution >= 0.6 is 50.5 Å². The maximum atomic E-state index is 6.19. The van der Waals surface area contributed by atoms with Gasteiger partial charge in [0.05, 0.1) is 27.3 Å². The summed E-state index contributed by atoms with van der Waals surface area (Å²) in [6.07, 6.45) is 1.90. The van der Waals surface area contributed by atoms with Gasteiger partial charge < -0.3 is 5.32 Å². The molecule has 6 heteroatoms. The van der Waals surface area contributed by atoms with Crippen LogP contribution in [0.1, 0.15) is 30.7 Å². The average Bonchev–Trinajstić information content (AvgIpc) is 2.75. The van der Waals surface area contributed by atoms with Gasteiger partial charge in [0.15, 0.2) is 0 Å². The van der Waals surface area contributed by atoms with Crippen molar-refractivity contribution in [2.24, 2.45) is 0 Å². The number of hydrogen-bond donors (Lipinski definition) is 1. The van der Waals surface area contributed by atoms with E-state index in [1.54, 1.807) is 11.3 Å². The van der Waals surface area contributed by atoms with E-state index >= 15 is 0 Å². The second-order valence-corrected chi connectivity index (χ2v) is 8.32. The lowest BCUT2D eigenvalue weighted by Crippen LogP contribution is -2.09. The molecule has 2 aromatic rings. The fourth-order valence-corrected chi connectivity index (χ4v) is 3.87. The molecule has 0 aliphatic carbocycles. The summed E-state index contributed by atoms with van der Waals surface area (Å²) in [7, 11) is 0. The van der Waals surface area contributed by atoms with Crippen LogP contribution in [0.25, 0.3) is 0 Å². The molecule has 0 radical (unpaired) electrons. The number of thiazole rings is 1. The van der Waals surface area contributed by atoms with Gasteiger partial charge in [-0.3, -0.25) is 0 Å². The monoisotopic (exact) mass is 392 g/mol. The van der Waals surface area contributed by atoms with Gasteiger partial charge in [0.1, 0.15) is 0 Å². The topological polar surface area (TPSA) is 24.9 Å². The Hall–Kier alpha value is -0.290. The van der Waals surface area contributed by atoms with Crippen LogP contribution in [0.2, 0.25) is 10.0 Å². The third kappa shape index (κ3) is 3.88. The molecular weight excluding hydrogens is 379 g/mol. The fourth-order valence-electron chi connectivity index (χ4n) is 1.62. The second-order valence-electron chi connectivity index (χ2n) is 5.48. The van der Waals surface area contributed by atoms with Crippen molar-refractivity contribution in [3.05, 3.63) is 42.7 Å². The van der Waals surface area contributed by atoms with E-state index in [9.17, 15) is 0 Å². The molecule has 0 bridgehead atoms. The minimum atomic E-state index is 0.0792. The molecule has 0 atom stereocenters. The molecule has 108 valence electrons. The minimum Gasteiger partial charge on any atom is -0.378 e. The largest absolute Gasteiger partial charge is 0.378 e. The summed E-state index contributed by atoms with van der Waals surface area (Å²) in [5.74, 6) is 0. The molecule has 1 N–H and O–H groups in total. The van der Waals surface area contributed by atoms with Gasteiger partial charge in [-0.2, -0.15) is 0 Å². The normalized spacial score (nSPS) is 11.7. The van der Waals surface area contributed by atoms with E-state index in [1.807, 2.05) is 18.3 Å². The molecule has 0 fully saturated rings. The van der Waals surface area contributed by atoms with Crippen molar-refractivity contribution in [3.8, 4) is 0 Å². The molecule has 0 aliphatic rings. The molecule has 1 heterocycles. The molecule has 0 unspecified atom stereocenters. The zero-order chi connectivity index (χ0) is 14.9. The first-order valence-corrected chi connectivity index (χ1v) is 8.47. The van der Waals surface area contributed by atoms with Gasteiger partial charge in [-0.1, -0.05) is 59.9 Å². The van der Waals surface area contributed by atoms with Gasteiger partial charge in [0.2, 0.25) is 0 Å². The summed E-state index contributed by atoms with van der Waals surface area (Å²) in [5, 5.41) is 5.61. The molecular formula is C14H15BrCl2N2S. The molecule has 1 aromatic heterocycles. The predicted octanol–water partition coefficient (Wildman–Crippen LogP) is 6.12. The fraction of sp³-hybridized carbons (Fsp3) is 0.357. The van der Waals surface area contributed by atoms with Crippen LogP contribution in [-0.4, -0.2) is 4.98 Å². The van der Waals surface area contributed by atoms with Crippen LogP contribution in [0.5, 0.6) is 0 Å². The van der Waals surface area contributed by atoms with Crippen molar-refractivity contribution in [1.82, 2.24) is 4.98 Å². The van der Waals surface area contributed by atoms with Gasteiger partial charge in [0.25, 0.3) is 0 Å². The Labute approximate surface area is 141 Å². The molecule has 0 saturated carbocycles. The standard InChI is InChI=1S/C14H15BrCl2N2S/c1-14(2,3)13-19-7-9(20-13)6-18-12-10(16)4-8(15)5-11(12)17/h4-5,7,18H,6H2,1-3H3. The van der Waals surface area contributed by atoms with Gasteiger partial charge in [-0.15, -0.1) is 11.3 Å². The Bertz CT molecular complexity index is 597. The predicted molar refractivity (Wildman–Crippen MR) is 92.3 cm³/mol. The lowest BCUT2D eigenvalue weighted by atomic mass is 9.98. The smallest absolute Gasteiger partial charge is 0.0981 e. The van der Waals surface area contributed by atoms with Crippen LogP contribution in [0, 0.1) is 0 Å². The summed E-state index contributed by atoms with van der Waals surface area (Å²) in [6.45, 7) is 7.14. The van der Waals surface area contributed by atoms with Gasteiger partial charge in [-0.05, 0) is 12.1 Å². The molecule has 1 aromatic carbocycles. The van der Waals surface area contributed by atoms with Crippen LogP contribution in [0.15, 0.2) is 22.8 Å². The first-order chi connectivity index (χ1) is 9.27. The molecule has 0 aliphatic heterocycles. The van der Waals surface area contributed by atoms with E-state index < -0.39 is 0 Å². The number of halogens is 3. The number of rotatable bonds is 3. The van der Waals surface area contributed by atoms with Crippen LogP contribution in [-0.2, 0) is 12.0 Å². The van der Waals surface area contributed by atoms with Gasteiger partial charge >= 0.3 is 0 Å². The van der Waals surface area contributed by atoms with Crippen LogP contribution in [0.4, 0.5) is 5.69 Å². The highest BCUT2D eigenvalue weighted by atomic mass is 79.9. The van der Waals surface area contributed by atoms with Crippen LogP contribution in [0.3, 0.4) is 0 Å². The summed E-state index contributed by atoms with van der Waals surface area (Å²) < 4.78 is 0.867. The quantitative estimate of drug-likeness (QED) is 0.678. The Morgan fingerprint density at radius 3 is 2.35 bits per heavy atom. The first-order valence-electron chi connectivity index (χ1n) is 6.11. The van der Waals surface area contributed by atoms with E-state index in [1.165, 1.54) is 0 Å². The summed E-state index contributed by atoms with van der Waals surface area (Å²) in [4.78, 5) is 5.62. The van der Waals surface area contributed by atoms with Crippen molar-refractivity contribution in [3.63, 3.8) is 0 Å². The lowest BCUT2D eigenvalue weighted by Gasteiger charge is -2.13. The number of hydrogen-bond acceptors (Lipinski definition) is 3. The minimum absolute atomic E-state index is 0.0792. The van der Waals surface area contributed by atoms with E-state index in [-0.39, 0.29) is 5.41 Å². The maximum Gasteiger partial charge on any atom is 0.0981 e. The van der Waals surface area contributed by atoms with E-state index in [0.29, 0.717) is 16.6 Å². The summed E-state index contributed by atoms with van der Waals surface area (Å²) in [6, 6.07) is 3.64. The Kier molecular flexibility index (Phi) is 5.00. The van der Waals surface area contributed by atoms with Crippen LogP contribution < -0.4 is 5.32 Å². The van der Waals surface area contributed by atoms with Gasteiger partial charge in [0, 0.05) is 21.0 Å². The zero-order valence-corrected chi connectivity index (χ0v) is 15.3. The second kappa shape index (κ2) is 6.22. The van der Waals surface area contributed by atoms with Crippen molar-refractivity contribution in [2.45, 2.75) is 32.7 Å². The first kappa shape index (κ1) is 16.1. The number of nitrogens with zero attached hydrogens (tertiary/aromatic N) is 1. The summed E-state index contributed by atoms with van der Waals surface area (Å²) >= 11 is 17.4.